The molecular formula is C4H16O7P2. The monoisotopic (exact) mass is 238 g/mol. The van der Waals surface area contributed by atoms with Gasteiger partial charge in [0.1, 0.15) is 0 Å². The van der Waals surface area contributed by atoms with Crippen LogP contribution >= 0.6 is 15.1 Å². The second-order valence-corrected chi connectivity index (χ2v) is 8.25. The molecule has 0 bridgehead atoms. The second kappa shape index (κ2) is 4.77. The standard InChI is InChI=1S/C2H7O4P.C2H9O3P/c1-5-7(3,4)6-2;1-6(2,3,4)5/h1-2H3,(H,3,4);3-5H,1-2H3. The van der Waals surface area contributed by atoms with E-state index in [1.807, 2.05) is 0 Å². The van der Waals surface area contributed by atoms with Crippen molar-refractivity contribution in [2.24, 2.45) is 0 Å². The molecule has 0 aliphatic heterocycles. The average molecular weight is 238 g/mol. The molecule has 0 heterocycles. The first-order valence-corrected chi connectivity index (χ1v) is 7.54. The van der Waals surface area contributed by atoms with E-state index in [4.69, 9.17) is 19.6 Å². The first kappa shape index (κ1) is 15.9. The van der Waals surface area contributed by atoms with Gasteiger partial charge in [-0.2, -0.15) is 0 Å². The molecule has 0 amide bonds. The summed E-state index contributed by atoms with van der Waals surface area (Å²) in [6.45, 7) is 2.01. The molecule has 4 N–H and O–H groups in total. The summed E-state index contributed by atoms with van der Waals surface area (Å²) in [6.07, 6.45) is 0. The van der Waals surface area contributed by atoms with E-state index in [2.05, 4.69) is 9.05 Å². The molecule has 84 valence electrons. The van der Waals surface area contributed by atoms with E-state index < -0.39 is 15.1 Å². The van der Waals surface area contributed by atoms with Gasteiger partial charge in [0, 0.05) is 14.2 Å². The van der Waals surface area contributed by atoms with Gasteiger partial charge in [-0.05, 0) is 0 Å². The van der Waals surface area contributed by atoms with E-state index in [0.29, 0.717) is 0 Å². The molecule has 9 heteroatoms. The van der Waals surface area contributed by atoms with E-state index in [1.54, 1.807) is 0 Å². The van der Waals surface area contributed by atoms with Crippen LogP contribution in [0.3, 0.4) is 0 Å². The van der Waals surface area contributed by atoms with Gasteiger partial charge in [0.05, 0.1) is 0 Å². The van der Waals surface area contributed by atoms with Crippen molar-refractivity contribution in [3.63, 3.8) is 0 Å². The van der Waals surface area contributed by atoms with Gasteiger partial charge in [-0.3, -0.25) is 9.05 Å². The van der Waals surface area contributed by atoms with E-state index >= 15 is 0 Å². The third kappa shape index (κ3) is 32.7. The van der Waals surface area contributed by atoms with E-state index in [9.17, 15) is 4.57 Å². The van der Waals surface area contributed by atoms with Gasteiger partial charge < -0.3 is 4.89 Å². The molecule has 0 aromatic heterocycles. The number of hydrogen-bond donors (Lipinski definition) is 4. The van der Waals surface area contributed by atoms with Crippen LogP contribution < -0.4 is 0 Å². The van der Waals surface area contributed by atoms with Crippen molar-refractivity contribution in [1.29, 1.82) is 0 Å². The van der Waals surface area contributed by atoms with Crippen LogP contribution in [0, 0.1) is 0 Å². The number of phosphoric ester groups is 1. The van der Waals surface area contributed by atoms with Crippen molar-refractivity contribution in [2.75, 3.05) is 27.5 Å². The van der Waals surface area contributed by atoms with Gasteiger partial charge in [0.2, 0.25) is 0 Å². The Morgan fingerprint density at radius 3 is 1.23 bits per heavy atom. The molecule has 0 aromatic rings. The summed E-state index contributed by atoms with van der Waals surface area (Å²) in [5.41, 5.74) is 0. The third-order valence-corrected chi connectivity index (χ3v) is 1.38. The van der Waals surface area contributed by atoms with Crippen molar-refractivity contribution in [3.05, 3.63) is 0 Å². The first-order chi connectivity index (χ1) is 5.36. The fourth-order valence-electron chi connectivity index (χ4n) is 0.0745. The quantitative estimate of drug-likeness (QED) is 0.496. The molecule has 0 fully saturated rings. The Balaban J connectivity index is 0. The van der Waals surface area contributed by atoms with Gasteiger partial charge in [-0.1, -0.05) is 0 Å². The molecule has 0 radical (unpaired) electrons. The molecule has 0 atom stereocenters. The molecule has 0 saturated carbocycles. The normalized spacial score (nSPS) is 15.2. The van der Waals surface area contributed by atoms with Crippen LogP contribution in [-0.4, -0.2) is 47.1 Å². The summed E-state index contributed by atoms with van der Waals surface area (Å²) in [5.74, 6) is 0. The topological polar surface area (TPSA) is 116 Å². The summed E-state index contributed by atoms with van der Waals surface area (Å²) < 4.78 is 18.0. The summed E-state index contributed by atoms with van der Waals surface area (Å²) in [5, 5.41) is 0. The second-order valence-electron chi connectivity index (χ2n) is 2.75. The summed E-state index contributed by atoms with van der Waals surface area (Å²) in [6, 6.07) is 0. The Morgan fingerprint density at radius 2 is 1.23 bits per heavy atom. The predicted molar refractivity (Wildman–Crippen MR) is 49.3 cm³/mol. The predicted octanol–water partition coefficient (Wildman–Crippen LogP) is -0.0992. The van der Waals surface area contributed by atoms with Crippen LogP contribution in [0.5, 0.6) is 0 Å². The average Bonchev–Trinajstić information content (AvgIpc) is 1.83. The minimum absolute atomic E-state index is 1.01. The Bertz CT molecular complexity index is 167. The number of phosphoric acid groups is 1. The minimum atomic E-state index is -4.05. The Labute approximate surface area is 76.7 Å². The van der Waals surface area contributed by atoms with Crippen molar-refractivity contribution in [1.82, 2.24) is 0 Å². The van der Waals surface area contributed by atoms with Gasteiger partial charge in [0.25, 0.3) is 0 Å². The van der Waals surface area contributed by atoms with Crippen LogP contribution in [0.4, 0.5) is 0 Å². The fraction of sp³-hybridized carbons (Fsp3) is 1.00. The zero-order chi connectivity index (χ0) is 11.4. The number of hydrogen-bond acceptors (Lipinski definition) is 6. The summed E-state index contributed by atoms with van der Waals surface area (Å²) in [7, 11) is -5.50. The number of rotatable bonds is 2. The van der Waals surface area contributed by atoms with Crippen molar-refractivity contribution in [3.8, 4) is 0 Å². The van der Waals surface area contributed by atoms with E-state index in [1.165, 1.54) is 0 Å². The Hall–Kier alpha value is 0.420. The molecule has 0 unspecified atom stereocenters. The van der Waals surface area contributed by atoms with Gasteiger partial charge in [-0.15, -0.1) is 0 Å². The van der Waals surface area contributed by atoms with Crippen LogP contribution in [0.1, 0.15) is 0 Å². The maximum atomic E-state index is 10.1. The van der Waals surface area contributed by atoms with Gasteiger partial charge >= 0.3 is 43.1 Å². The fourth-order valence-corrected chi connectivity index (χ4v) is 0.224. The molecular weight excluding hydrogens is 222 g/mol. The van der Waals surface area contributed by atoms with Crippen molar-refractivity contribution in [2.45, 2.75) is 0 Å². The zero-order valence-corrected chi connectivity index (χ0v) is 9.70. The SMILES string of the molecule is COP(=O)(O)OC.CP(C)(O)(O)O. The Morgan fingerprint density at radius 1 is 1.08 bits per heavy atom. The Kier molecular flexibility index (Phi) is 5.83. The molecule has 0 rings (SSSR count). The summed E-state index contributed by atoms with van der Waals surface area (Å²) in [4.78, 5) is 32.9. The summed E-state index contributed by atoms with van der Waals surface area (Å²) >= 11 is 0. The van der Waals surface area contributed by atoms with Gasteiger partial charge in [0.15, 0.2) is 0 Å². The molecule has 0 aliphatic carbocycles. The molecule has 0 saturated heterocycles. The molecule has 0 aromatic carbocycles. The van der Waals surface area contributed by atoms with Crippen LogP contribution in [0.15, 0.2) is 0 Å². The van der Waals surface area contributed by atoms with E-state index in [-0.39, 0.29) is 0 Å². The maximum absolute atomic E-state index is 10.1. The molecule has 0 aliphatic rings. The molecule has 0 spiro atoms. The van der Waals surface area contributed by atoms with Crippen LogP contribution in [-0.2, 0) is 13.6 Å². The van der Waals surface area contributed by atoms with Gasteiger partial charge in [-0.25, -0.2) is 4.57 Å². The van der Waals surface area contributed by atoms with Crippen molar-refractivity contribution < 1.29 is 33.2 Å². The zero-order valence-electron chi connectivity index (χ0n) is 7.91. The van der Waals surface area contributed by atoms with E-state index in [0.717, 1.165) is 27.5 Å². The molecule has 13 heavy (non-hydrogen) atoms. The molecule has 7 nitrogen and oxygen atoms in total. The van der Waals surface area contributed by atoms with Crippen LogP contribution in [0.2, 0.25) is 0 Å². The first-order valence-electron chi connectivity index (χ1n) is 3.06. The van der Waals surface area contributed by atoms with Crippen molar-refractivity contribution >= 4 is 15.1 Å². The van der Waals surface area contributed by atoms with Crippen LogP contribution in [0.25, 0.3) is 0 Å². The third-order valence-electron chi connectivity index (χ3n) is 0.461.